The van der Waals surface area contributed by atoms with Gasteiger partial charge in [-0.05, 0) is 67.6 Å². The zero-order valence-corrected chi connectivity index (χ0v) is 32.2. The second kappa shape index (κ2) is 18.0. The molecule has 0 bridgehead atoms. The number of carbonyl (C=O) groups excluding carboxylic acids is 2. The molecule has 0 aliphatic carbocycles. The van der Waals surface area contributed by atoms with E-state index in [1.54, 1.807) is 18.3 Å². The summed E-state index contributed by atoms with van der Waals surface area (Å²) >= 11 is 0. The van der Waals surface area contributed by atoms with Gasteiger partial charge in [-0.2, -0.15) is 30.0 Å². The summed E-state index contributed by atoms with van der Waals surface area (Å²) in [5.41, 5.74) is 2.96. The molecule has 300 valence electrons. The summed E-state index contributed by atoms with van der Waals surface area (Å²) in [5, 5.41) is 3.51. The summed E-state index contributed by atoms with van der Waals surface area (Å²) in [6.45, 7) is 5.48. The standard InChI is InChI=1S/C34H31F3N6O3.2CH4O3S/c1-22-27-19-29(33(45)43-17-15-42(16-18-43)21-26-5-3-4-14-38-26)41(2)28(27)11-12-30(22)46-31-13-10-25(20-39-31)40-32(44)23-6-8-24(9-7-23)34(35,36)37;2*1-5(2,3)4/h3-14,19-20H,15-18,21H2,1-2H3,(H,40,44);2*1H3,(H,2,3,4). The number of hydrogen-bond acceptors (Lipinski definition) is 10. The number of pyridine rings is 2. The van der Waals surface area contributed by atoms with Crippen molar-refractivity contribution in [2.24, 2.45) is 7.05 Å². The second-order valence-electron chi connectivity index (χ2n) is 12.6. The van der Waals surface area contributed by atoms with E-state index in [0.29, 0.717) is 42.7 Å². The number of hydrogen-bond donors (Lipinski definition) is 3. The molecule has 0 saturated carbocycles. The number of alkyl halides is 3. The molecule has 0 radical (unpaired) electrons. The summed E-state index contributed by atoms with van der Waals surface area (Å²) in [6, 6.07) is 18.6. The van der Waals surface area contributed by atoms with Gasteiger partial charge in [-0.25, -0.2) is 4.98 Å². The SMILES string of the molecule is CS(=O)(=O)O.CS(=O)(=O)O.Cc1c(Oc2ccc(NC(=O)c3ccc(C(F)(F)F)cc3)cn2)ccc2c1cc(C(=O)N1CCN(Cc3ccccn3)CC1)n2C. The fourth-order valence-electron chi connectivity index (χ4n) is 5.48. The smallest absolute Gasteiger partial charge is 0.416 e. The Morgan fingerprint density at radius 2 is 1.50 bits per heavy atom. The highest BCUT2D eigenvalue weighted by atomic mass is 32.2. The highest BCUT2D eigenvalue weighted by molar-refractivity contribution is 7.85. The Morgan fingerprint density at radius 1 is 0.875 bits per heavy atom. The number of anilines is 1. The second-order valence-corrected chi connectivity index (χ2v) is 15.5. The Morgan fingerprint density at radius 3 is 2.04 bits per heavy atom. The summed E-state index contributed by atoms with van der Waals surface area (Å²) in [5.74, 6) is 0.264. The van der Waals surface area contributed by atoms with Gasteiger partial charge in [0.1, 0.15) is 11.4 Å². The number of aromatic nitrogens is 3. The Kier molecular flexibility index (Phi) is 13.9. The zero-order valence-electron chi connectivity index (χ0n) is 30.6. The van der Waals surface area contributed by atoms with Crippen molar-refractivity contribution >= 4 is 48.6 Å². The number of halogens is 3. The summed E-state index contributed by atoms with van der Waals surface area (Å²) in [6.07, 6.45) is 0.148. The first kappa shape index (κ1) is 43.3. The summed E-state index contributed by atoms with van der Waals surface area (Å²) < 4.78 is 98.1. The fraction of sp³-hybridized carbons (Fsp3) is 0.278. The van der Waals surface area contributed by atoms with E-state index in [2.05, 4.69) is 20.2 Å². The number of rotatable bonds is 7. The van der Waals surface area contributed by atoms with Crippen LogP contribution in [-0.4, -0.2) is 101 Å². The minimum absolute atomic E-state index is 0.0198. The van der Waals surface area contributed by atoms with Gasteiger partial charge in [-0.3, -0.25) is 28.6 Å². The highest BCUT2D eigenvalue weighted by Crippen LogP contribution is 2.33. The summed E-state index contributed by atoms with van der Waals surface area (Å²) in [7, 11) is -5.45. The van der Waals surface area contributed by atoms with Gasteiger partial charge in [0.2, 0.25) is 5.88 Å². The first-order valence-corrected chi connectivity index (χ1v) is 20.2. The van der Waals surface area contributed by atoms with Crippen LogP contribution in [0.3, 0.4) is 0 Å². The lowest BCUT2D eigenvalue weighted by Gasteiger charge is -2.34. The molecule has 15 nitrogen and oxygen atoms in total. The van der Waals surface area contributed by atoms with Crippen LogP contribution in [0.5, 0.6) is 11.6 Å². The lowest BCUT2D eigenvalue weighted by Crippen LogP contribution is -2.48. The molecule has 1 fully saturated rings. The molecule has 0 atom stereocenters. The lowest BCUT2D eigenvalue weighted by molar-refractivity contribution is -0.137. The molecular formula is C36H39F3N6O9S2. The molecule has 5 aromatic rings. The molecule has 1 aliphatic heterocycles. The largest absolute Gasteiger partial charge is 0.439 e. The number of fused-ring (bicyclic) bond motifs is 1. The number of nitrogens with zero attached hydrogens (tertiary/aromatic N) is 5. The van der Waals surface area contributed by atoms with E-state index >= 15 is 0 Å². The molecule has 3 aromatic heterocycles. The Bertz CT molecular complexity index is 2320. The van der Waals surface area contributed by atoms with E-state index in [0.717, 1.165) is 66.1 Å². The van der Waals surface area contributed by atoms with E-state index in [4.69, 9.17) is 13.8 Å². The molecule has 2 aromatic carbocycles. The molecule has 0 spiro atoms. The number of ether oxygens (including phenoxy) is 1. The van der Waals surface area contributed by atoms with E-state index in [1.807, 2.05) is 59.8 Å². The van der Waals surface area contributed by atoms with Gasteiger partial charge >= 0.3 is 6.18 Å². The van der Waals surface area contributed by atoms with Gasteiger partial charge in [0.25, 0.3) is 32.1 Å². The number of carbonyl (C=O) groups is 2. The average molecular weight is 821 g/mol. The number of aryl methyl sites for hydroxylation is 2. The zero-order chi connectivity index (χ0) is 41.4. The first-order valence-electron chi connectivity index (χ1n) is 16.5. The van der Waals surface area contributed by atoms with Crippen LogP contribution < -0.4 is 10.1 Å². The number of benzene rings is 2. The molecule has 1 saturated heterocycles. The van der Waals surface area contributed by atoms with Crippen LogP contribution in [-0.2, 0) is 40.0 Å². The maximum absolute atomic E-state index is 13.6. The van der Waals surface area contributed by atoms with Crippen molar-refractivity contribution in [3.05, 3.63) is 113 Å². The summed E-state index contributed by atoms with van der Waals surface area (Å²) in [4.78, 5) is 38.9. The van der Waals surface area contributed by atoms with Gasteiger partial charge in [-0.1, -0.05) is 6.07 Å². The third kappa shape index (κ3) is 13.1. The van der Waals surface area contributed by atoms with Crippen molar-refractivity contribution in [3.63, 3.8) is 0 Å². The van der Waals surface area contributed by atoms with E-state index < -0.39 is 37.9 Å². The van der Waals surface area contributed by atoms with Crippen LogP contribution in [0.1, 0.15) is 37.7 Å². The maximum Gasteiger partial charge on any atom is 0.416 e. The predicted molar refractivity (Wildman–Crippen MR) is 202 cm³/mol. The monoisotopic (exact) mass is 820 g/mol. The van der Waals surface area contributed by atoms with Crippen LogP contribution in [0, 0.1) is 6.92 Å². The molecule has 20 heteroatoms. The van der Waals surface area contributed by atoms with Gasteiger partial charge in [0, 0.05) is 74.1 Å². The third-order valence-electron chi connectivity index (χ3n) is 8.12. The van der Waals surface area contributed by atoms with Crippen molar-refractivity contribution in [3.8, 4) is 11.6 Å². The Balaban J connectivity index is 0.000000620. The van der Waals surface area contributed by atoms with Crippen molar-refractivity contribution in [2.45, 2.75) is 19.6 Å². The number of piperazine rings is 1. The third-order valence-corrected chi connectivity index (χ3v) is 8.12. The molecule has 2 amide bonds. The van der Waals surface area contributed by atoms with Crippen LogP contribution in [0.2, 0.25) is 0 Å². The van der Waals surface area contributed by atoms with Crippen molar-refractivity contribution in [2.75, 3.05) is 44.0 Å². The molecule has 6 rings (SSSR count). The number of nitrogens with one attached hydrogen (secondary N) is 1. The first-order chi connectivity index (χ1) is 26.1. The van der Waals surface area contributed by atoms with Crippen LogP contribution in [0.25, 0.3) is 10.9 Å². The molecule has 4 heterocycles. The average Bonchev–Trinajstić information content (AvgIpc) is 3.45. The molecule has 1 aliphatic rings. The normalized spacial score (nSPS) is 13.6. The minimum Gasteiger partial charge on any atom is -0.439 e. The van der Waals surface area contributed by atoms with Gasteiger partial charge in [0.05, 0.1) is 35.7 Å². The van der Waals surface area contributed by atoms with E-state index in [1.165, 1.54) is 6.20 Å². The predicted octanol–water partition coefficient (Wildman–Crippen LogP) is 5.31. The van der Waals surface area contributed by atoms with Gasteiger partial charge in [0.15, 0.2) is 0 Å². The number of amides is 2. The van der Waals surface area contributed by atoms with Crippen LogP contribution >= 0.6 is 0 Å². The molecular weight excluding hydrogens is 782 g/mol. The Labute approximate surface area is 321 Å². The van der Waals surface area contributed by atoms with Crippen LogP contribution in [0.15, 0.2) is 85.2 Å². The topological polar surface area (TPSA) is 201 Å². The van der Waals surface area contributed by atoms with Crippen molar-refractivity contribution in [1.29, 1.82) is 0 Å². The van der Waals surface area contributed by atoms with E-state index in [-0.39, 0.29) is 17.4 Å². The highest BCUT2D eigenvalue weighted by Gasteiger charge is 2.30. The maximum atomic E-state index is 13.6. The van der Waals surface area contributed by atoms with Gasteiger partial charge in [-0.15, -0.1) is 0 Å². The molecule has 0 unspecified atom stereocenters. The quantitative estimate of drug-likeness (QED) is 0.179. The molecule has 3 N–H and O–H groups in total. The van der Waals surface area contributed by atoms with Crippen molar-refractivity contribution < 1.29 is 53.4 Å². The van der Waals surface area contributed by atoms with Crippen LogP contribution in [0.4, 0.5) is 18.9 Å². The van der Waals surface area contributed by atoms with Crippen molar-refractivity contribution in [1.82, 2.24) is 24.3 Å². The fourth-order valence-corrected chi connectivity index (χ4v) is 5.48. The Hall–Kier alpha value is -5.41. The lowest BCUT2D eigenvalue weighted by atomic mass is 10.1. The van der Waals surface area contributed by atoms with E-state index in [9.17, 15) is 39.6 Å². The molecule has 56 heavy (non-hydrogen) atoms. The minimum atomic E-state index is -4.48. The van der Waals surface area contributed by atoms with Gasteiger partial charge < -0.3 is 19.5 Å².